The highest BCUT2D eigenvalue weighted by Crippen LogP contribution is 2.21. The molecule has 0 atom stereocenters. The highest BCUT2D eigenvalue weighted by Gasteiger charge is 2.23. The van der Waals surface area contributed by atoms with E-state index in [1.807, 2.05) is 13.8 Å². The third-order valence-electron chi connectivity index (χ3n) is 2.80. The fourth-order valence-electron chi connectivity index (χ4n) is 1.32. The van der Waals surface area contributed by atoms with Gasteiger partial charge in [0.1, 0.15) is 10.7 Å². The maximum Gasteiger partial charge on any atom is 0.178 e. The average Bonchev–Trinajstić information content (AvgIpc) is 2.73. The zero-order chi connectivity index (χ0) is 14.0. The Morgan fingerprint density at radius 1 is 1.61 bits per heavy atom. The van der Waals surface area contributed by atoms with Gasteiger partial charge in [-0.25, -0.2) is 8.42 Å². The Labute approximate surface area is 106 Å². The summed E-state index contributed by atoms with van der Waals surface area (Å²) in [5.41, 5.74) is 5.08. The normalized spacial score (nSPS) is 13.8. The Hall–Kier alpha value is -1.57. The molecule has 0 radical (unpaired) electrons. The van der Waals surface area contributed by atoms with Crippen LogP contribution in [0.25, 0.3) is 0 Å². The van der Waals surface area contributed by atoms with E-state index in [1.165, 1.54) is 17.1 Å². The molecule has 0 saturated carbocycles. The summed E-state index contributed by atoms with van der Waals surface area (Å²) in [5, 5.41) is 15.6. The van der Waals surface area contributed by atoms with Crippen LogP contribution in [0.15, 0.2) is 22.4 Å². The molecule has 0 aromatic carbocycles. The van der Waals surface area contributed by atoms with Crippen molar-refractivity contribution in [3.05, 3.63) is 12.4 Å². The standard InChI is InChI=1S/C10H18N4O3S/c1-10(2,9(11)13-15)4-5-14-7-8(6-12-14)18(3,16)17/h6-7,15H,4-5H2,1-3H3,(H2,11,13). The highest BCUT2D eigenvalue weighted by atomic mass is 32.2. The fraction of sp³-hybridized carbons (Fsp3) is 0.600. The molecule has 0 fully saturated rings. The molecule has 0 spiro atoms. The lowest BCUT2D eigenvalue weighted by Crippen LogP contribution is -2.33. The van der Waals surface area contributed by atoms with Gasteiger partial charge in [-0.3, -0.25) is 4.68 Å². The number of oxime groups is 1. The molecule has 0 saturated heterocycles. The number of nitrogens with two attached hydrogens (primary N) is 1. The minimum atomic E-state index is -3.23. The van der Waals surface area contributed by atoms with E-state index < -0.39 is 15.3 Å². The fourth-order valence-corrected chi connectivity index (χ4v) is 1.87. The van der Waals surface area contributed by atoms with Crippen molar-refractivity contribution in [3.63, 3.8) is 0 Å². The van der Waals surface area contributed by atoms with E-state index >= 15 is 0 Å². The maximum absolute atomic E-state index is 11.3. The SMILES string of the molecule is CC(C)(CCn1cc(S(C)(=O)=O)cn1)/C(N)=N/O. The largest absolute Gasteiger partial charge is 0.409 e. The molecule has 0 aliphatic carbocycles. The second-order valence-corrected chi connectivity index (χ2v) is 6.85. The van der Waals surface area contributed by atoms with Crippen LogP contribution < -0.4 is 5.73 Å². The monoisotopic (exact) mass is 274 g/mol. The second-order valence-electron chi connectivity index (χ2n) is 4.83. The van der Waals surface area contributed by atoms with Crippen molar-refractivity contribution in [1.82, 2.24) is 9.78 Å². The number of sulfone groups is 1. The van der Waals surface area contributed by atoms with Crippen LogP contribution >= 0.6 is 0 Å². The summed E-state index contributed by atoms with van der Waals surface area (Å²) >= 11 is 0. The number of aromatic nitrogens is 2. The maximum atomic E-state index is 11.3. The lowest BCUT2D eigenvalue weighted by atomic mass is 9.88. The van der Waals surface area contributed by atoms with Crippen molar-refractivity contribution in [2.75, 3.05) is 6.26 Å². The number of aryl methyl sites for hydroxylation is 1. The van der Waals surface area contributed by atoms with E-state index in [1.54, 1.807) is 0 Å². The van der Waals surface area contributed by atoms with Crippen molar-refractivity contribution < 1.29 is 13.6 Å². The van der Waals surface area contributed by atoms with E-state index in [9.17, 15) is 8.42 Å². The predicted molar refractivity (Wildman–Crippen MR) is 67.1 cm³/mol. The molecule has 1 aromatic rings. The summed E-state index contributed by atoms with van der Waals surface area (Å²) in [5.74, 6) is 0.137. The molecule has 102 valence electrons. The Bertz CT molecular complexity index is 545. The van der Waals surface area contributed by atoms with Gasteiger partial charge in [-0.05, 0) is 6.42 Å². The first-order valence-corrected chi connectivity index (χ1v) is 7.26. The third-order valence-corrected chi connectivity index (χ3v) is 3.87. The van der Waals surface area contributed by atoms with E-state index in [-0.39, 0.29) is 10.7 Å². The smallest absolute Gasteiger partial charge is 0.178 e. The molecule has 0 unspecified atom stereocenters. The van der Waals surface area contributed by atoms with Gasteiger partial charge < -0.3 is 10.9 Å². The predicted octanol–water partition coefficient (Wildman–Crippen LogP) is 0.449. The van der Waals surface area contributed by atoms with Crippen LogP contribution in [-0.4, -0.2) is 35.5 Å². The van der Waals surface area contributed by atoms with Gasteiger partial charge >= 0.3 is 0 Å². The molecule has 0 amide bonds. The molecular formula is C10H18N4O3S. The summed E-state index contributed by atoms with van der Waals surface area (Å²) in [6.07, 6.45) is 4.49. The molecule has 8 heteroatoms. The zero-order valence-electron chi connectivity index (χ0n) is 10.7. The summed E-state index contributed by atoms with van der Waals surface area (Å²) in [7, 11) is -3.23. The molecule has 1 heterocycles. The van der Waals surface area contributed by atoms with Crippen LogP contribution in [0.2, 0.25) is 0 Å². The Kier molecular flexibility index (Phi) is 4.00. The van der Waals surface area contributed by atoms with Crippen molar-refractivity contribution in [3.8, 4) is 0 Å². The van der Waals surface area contributed by atoms with Gasteiger partial charge in [0.25, 0.3) is 0 Å². The van der Waals surface area contributed by atoms with E-state index in [2.05, 4.69) is 10.3 Å². The van der Waals surface area contributed by atoms with Crippen LogP contribution in [0.4, 0.5) is 0 Å². The van der Waals surface area contributed by atoms with Crippen LogP contribution in [0.3, 0.4) is 0 Å². The number of rotatable bonds is 5. The Balaban J connectivity index is 2.74. The molecule has 1 rings (SSSR count). The summed E-state index contributed by atoms with van der Waals surface area (Å²) in [6, 6.07) is 0. The molecule has 18 heavy (non-hydrogen) atoms. The molecule has 0 bridgehead atoms. The van der Waals surface area contributed by atoms with Crippen LogP contribution in [0.5, 0.6) is 0 Å². The minimum absolute atomic E-state index is 0.137. The molecule has 0 aliphatic rings. The summed E-state index contributed by atoms with van der Waals surface area (Å²) in [6.45, 7) is 4.16. The van der Waals surface area contributed by atoms with Gasteiger partial charge in [0.05, 0.1) is 6.20 Å². The van der Waals surface area contributed by atoms with E-state index in [0.29, 0.717) is 13.0 Å². The number of nitrogens with zero attached hydrogens (tertiary/aromatic N) is 3. The van der Waals surface area contributed by atoms with Crippen LogP contribution in [0.1, 0.15) is 20.3 Å². The van der Waals surface area contributed by atoms with Crippen LogP contribution in [0, 0.1) is 5.41 Å². The zero-order valence-corrected chi connectivity index (χ0v) is 11.5. The quantitative estimate of drug-likeness (QED) is 0.350. The molecule has 0 aliphatic heterocycles. The number of hydrogen-bond donors (Lipinski definition) is 2. The van der Waals surface area contributed by atoms with Gasteiger partial charge in [0.15, 0.2) is 9.84 Å². The van der Waals surface area contributed by atoms with Gasteiger partial charge in [0.2, 0.25) is 0 Å². The number of hydrogen-bond acceptors (Lipinski definition) is 5. The van der Waals surface area contributed by atoms with E-state index in [0.717, 1.165) is 6.26 Å². The molecule has 3 N–H and O–H groups in total. The lowest BCUT2D eigenvalue weighted by Gasteiger charge is -2.22. The lowest BCUT2D eigenvalue weighted by molar-refractivity contribution is 0.302. The average molecular weight is 274 g/mol. The van der Waals surface area contributed by atoms with Gasteiger partial charge in [-0.2, -0.15) is 5.10 Å². The topological polar surface area (TPSA) is 111 Å². The van der Waals surface area contributed by atoms with Gasteiger partial charge in [-0.1, -0.05) is 19.0 Å². The van der Waals surface area contributed by atoms with Crippen molar-refractivity contribution in [1.29, 1.82) is 0 Å². The van der Waals surface area contributed by atoms with E-state index in [4.69, 9.17) is 10.9 Å². The first-order chi connectivity index (χ1) is 8.16. The van der Waals surface area contributed by atoms with Gasteiger partial charge in [-0.15, -0.1) is 0 Å². The third kappa shape index (κ3) is 3.46. The van der Waals surface area contributed by atoms with Crippen molar-refractivity contribution in [2.45, 2.75) is 31.7 Å². The Morgan fingerprint density at radius 2 is 2.22 bits per heavy atom. The summed E-state index contributed by atoms with van der Waals surface area (Å²) < 4.78 is 24.1. The number of amidine groups is 1. The van der Waals surface area contributed by atoms with Crippen molar-refractivity contribution >= 4 is 15.7 Å². The first-order valence-electron chi connectivity index (χ1n) is 5.37. The van der Waals surface area contributed by atoms with Crippen LogP contribution in [-0.2, 0) is 16.4 Å². The molecule has 7 nitrogen and oxygen atoms in total. The molecule has 1 aromatic heterocycles. The molecular weight excluding hydrogens is 256 g/mol. The summed E-state index contributed by atoms with van der Waals surface area (Å²) in [4.78, 5) is 0.184. The minimum Gasteiger partial charge on any atom is -0.409 e. The van der Waals surface area contributed by atoms with Crippen molar-refractivity contribution in [2.24, 2.45) is 16.3 Å². The Morgan fingerprint density at radius 3 is 2.67 bits per heavy atom. The first kappa shape index (κ1) is 14.5. The van der Waals surface area contributed by atoms with Gasteiger partial charge in [0, 0.05) is 24.4 Å². The second kappa shape index (κ2) is 4.97. The highest BCUT2D eigenvalue weighted by molar-refractivity contribution is 7.90.